The van der Waals surface area contributed by atoms with Crippen LogP contribution in [-0.4, -0.2) is 29.1 Å². The minimum atomic E-state index is -0.472. The molecule has 2 rings (SSSR count). The fourth-order valence-corrected chi connectivity index (χ4v) is 3.09. The smallest absolute Gasteiger partial charge is 0.339 e. The van der Waals surface area contributed by atoms with Crippen molar-refractivity contribution >= 4 is 45.9 Å². The molecule has 6 heteroatoms. The van der Waals surface area contributed by atoms with Gasteiger partial charge < -0.3 is 4.74 Å². The fraction of sp³-hybridized carbons (Fsp3) is 0.308. The van der Waals surface area contributed by atoms with Crippen LogP contribution in [0.2, 0.25) is 0 Å². The summed E-state index contributed by atoms with van der Waals surface area (Å²) in [6.45, 7) is 0. The van der Waals surface area contributed by atoms with E-state index in [0.29, 0.717) is 22.0 Å². The van der Waals surface area contributed by atoms with E-state index in [9.17, 15) is 9.59 Å². The van der Waals surface area contributed by atoms with E-state index in [2.05, 4.69) is 0 Å². The number of thiocarbonyl (C=S) groups is 1. The van der Waals surface area contributed by atoms with Crippen LogP contribution in [0.5, 0.6) is 0 Å². The molecular weight excluding hydrogens is 282 g/mol. The average Bonchev–Trinajstić information content (AvgIpc) is 2.59. The zero-order valence-corrected chi connectivity index (χ0v) is 12.1. The van der Waals surface area contributed by atoms with Crippen LogP contribution in [0, 0.1) is 0 Å². The van der Waals surface area contributed by atoms with E-state index >= 15 is 0 Å². The molecule has 1 amide bonds. The number of methoxy groups -OCH3 is 1. The van der Waals surface area contributed by atoms with Crippen LogP contribution in [0.25, 0.3) is 0 Å². The van der Waals surface area contributed by atoms with Crippen molar-refractivity contribution in [3.8, 4) is 0 Å². The topological polar surface area (TPSA) is 46.6 Å². The third-order valence-electron chi connectivity index (χ3n) is 2.74. The van der Waals surface area contributed by atoms with Gasteiger partial charge in [-0.3, -0.25) is 9.69 Å². The largest absolute Gasteiger partial charge is 0.465 e. The molecule has 0 bridgehead atoms. The summed E-state index contributed by atoms with van der Waals surface area (Å²) >= 11 is 6.73. The number of benzene rings is 1. The van der Waals surface area contributed by atoms with Gasteiger partial charge in [0.15, 0.2) is 0 Å². The number of thioether (sulfide) groups is 1. The molecule has 1 aliphatic heterocycles. The number of esters is 1. The van der Waals surface area contributed by atoms with Gasteiger partial charge in [-0.1, -0.05) is 36.1 Å². The lowest BCUT2D eigenvalue weighted by atomic mass is 10.1. The van der Waals surface area contributed by atoms with Gasteiger partial charge >= 0.3 is 5.97 Å². The van der Waals surface area contributed by atoms with Gasteiger partial charge in [0, 0.05) is 12.2 Å². The van der Waals surface area contributed by atoms with Crippen molar-refractivity contribution in [3.05, 3.63) is 29.8 Å². The Morgan fingerprint density at radius 1 is 1.42 bits per heavy atom. The molecule has 4 nitrogen and oxygen atoms in total. The highest BCUT2D eigenvalue weighted by molar-refractivity contribution is 8.23. The summed E-state index contributed by atoms with van der Waals surface area (Å²) in [5.41, 5.74) is 0.849. The SMILES string of the molecule is COC(=O)c1ccccc1N1C(=O)CCCSC1=S. The minimum absolute atomic E-state index is 0.0775. The lowest BCUT2D eigenvalue weighted by molar-refractivity contribution is -0.117. The number of nitrogens with zero attached hydrogens (tertiary/aromatic N) is 1. The van der Waals surface area contributed by atoms with Crippen LogP contribution in [0.1, 0.15) is 23.2 Å². The molecule has 1 aromatic rings. The molecule has 0 saturated carbocycles. The lowest BCUT2D eigenvalue weighted by Crippen LogP contribution is -2.33. The van der Waals surface area contributed by atoms with Gasteiger partial charge in [0.1, 0.15) is 4.32 Å². The summed E-state index contributed by atoms with van der Waals surface area (Å²) in [5, 5.41) is 0. The molecule has 1 heterocycles. The molecule has 1 saturated heterocycles. The molecule has 0 unspecified atom stereocenters. The van der Waals surface area contributed by atoms with Crippen LogP contribution in [0.4, 0.5) is 5.69 Å². The fourth-order valence-electron chi connectivity index (χ4n) is 1.84. The highest BCUT2D eigenvalue weighted by atomic mass is 32.2. The maximum absolute atomic E-state index is 12.2. The van der Waals surface area contributed by atoms with Crippen LogP contribution in [0.3, 0.4) is 0 Å². The number of carbonyl (C=O) groups excluding carboxylic acids is 2. The zero-order chi connectivity index (χ0) is 13.8. The summed E-state index contributed by atoms with van der Waals surface area (Å²) in [6.07, 6.45) is 1.23. The Bertz CT molecular complexity index is 512. The van der Waals surface area contributed by atoms with E-state index in [1.165, 1.54) is 23.8 Å². The van der Waals surface area contributed by atoms with Crippen LogP contribution >= 0.6 is 24.0 Å². The Balaban J connectivity index is 2.47. The van der Waals surface area contributed by atoms with E-state index in [1.807, 2.05) is 0 Å². The van der Waals surface area contributed by atoms with Crippen molar-refractivity contribution in [2.75, 3.05) is 17.8 Å². The second kappa shape index (κ2) is 6.16. The number of para-hydroxylation sites is 1. The van der Waals surface area contributed by atoms with Crippen LogP contribution < -0.4 is 4.90 Å². The van der Waals surface area contributed by atoms with Gasteiger partial charge in [0.25, 0.3) is 0 Å². The minimum Gasteiger partial charge on any atom is -0.465 e. The van der Waals surface area contributed by atoms with Gasteiger partial charge in [-0.25, -0.2) is 4.79 Å². The van der Waals surface area contributed by atoms with Gasteiger partial charge in [0.2, 0.25) is 5.91 Å². The third kappa shape index (κ3) is 2.96. The van der Waals surface area contributed by atoms with Crippen LogP contribution in [0.15, 0.2) is 24.3 Å². The normalized spacial score (nSPS) is 16.2. The second-order valence-corrected chi connectivity index (χ2v) is 5.68. The van der Waals surface area contributed by atoms with Gasteiger partial charge in [-0.2, -0.15) is 0 Å². The van der Waals surface area contributed by atoms with Crippen molar-refractivity contribution < 1.29 is 14.3 Å². The molecule has 0 aromatic heterocycles. The lowest BCUT2D eigenvalue weighted by Gasteiger charge is -2.22. The van der Waals surface area contributed by atoms with Gasteiger partial charge in [0.05, 0.1) is 18.4 Å². The number of hydrogen-bond donors (Lipinski definition) is 0. The van der Waals surface area contributed by atoms with E-state index in [-0.39, 0.29) is 5.91 Å². The summed E-state index contributed by atoms with van der Waals surface area (Å²) in [7, 11) is 1.32. The van der Waals surface area contributed by atoms with E-state index in [0.717, 1.165) is 12.2 Å². The standard InChI is InChI=1S/C13H13NO3S2/c1-17-12(16)9-5-2-3-6-10(9)14-11(15)7-4-8-19-13(14)18/h2-3,5-6H,4,7-8H2,1H3. The number of carbonyl (C=O) groups is 2. The van der Waals surface area contributed by atoms with Gasteiger partial charge in [-0.05, 0) is 18.6 Å². The molecule has 0 aliphatic carbocycles. The first-order valence-corrected chi connectivity index (χ1v) is 7.21. The monoisotopic (exact) mass is 295 g/mol. The summed E-state index contributed by atoms with van der Waals surface area (Å²) < 4.78 is 5.23. The van der Waals surface area contributed by atoms with Crippen LogP contribution in [-0.2, 0) is 9.53 Å². The highest BCUT2D eigenvalue weighted by Crippen LogP contribution is 2.28. The first-order chi connectivity index (χ1) is 9.15. The molecule has 100 valence electrons. The van der Waals surface area contributed by atoms with Crippen molar-refractivity contribution in [1.29, 1.82) is 0 Å². The Morgan fingerprint density at radius 3 is 2.89 bits per heavy atom. The first kappa shape index (κ1) is 14.0. The molecule has 0 spiro atoms. The molecule has 1 fully saturated rings. The number of amides is 1. The van der Waals surface area contributed by atoms with Crippen molar-refractivity contribution in [2.45, 2.75) is 12.8 Å². The first-order valence-electron chi connectivity index (χ1n) is 5.82. The number of hydrogen-bond acceptors (Lipinski definition) is 5. The second-order valence-electron chi connectivity index (χ2n) is 3.96. The molecular formula is C13H13NO3S2. The van der Waals surface area contributed by atoms with Crippen molar-refractivity contribution in [3.63, 3.8) is 0 Å². The van der Waals surface area contributed by atoms with E-state index in [4.69, 9.17) is 17.0 Å². The Hall–Kier alpha value is -1.40. The van der Waals surface area contributed by atoms with Crippen molar-refractivity contribution in [2.24, 2.45) is 0 Å². The van der Waals surface area contributed by atoms with E-state index < -0.39 is 5.97 Å². The van der Waals surface area contributed by atoms with E-state index in [1.54, 1.807) is 24.3 Å². The summed E-state index contributed by atoms with van der Waals surface area (Å²) in [4.78, 5) is 25.4. The Kier molecular flexibility index (Phi) is 4.55. The summed E-state index contributed by atoms with van der Waals surface area (Å²) in [6, 6.07) is 6.84. The number of ether oxygens (including phenoxy) is 1. The summed E-state index contributed by atoms with van der Waals surface area (Å²) in [5.74, 6) is 0.272. The zero-order valence-electron chi connectivity index (χ0n) is 10.4. The highest BCUT2D eigenvalue weighted by Gasteiger charge is 2.27. The van der Waals surface area contributed by atoms with Crippen molar-refractivity contribution in [1.82, 2.24) is 0 Å². The quantitative estimate of drug-likeness (QED) is 0.620. The molecule has 1 aromatic carbocycles. The number of rotatable bonds is 2. The molecule has 0 radical (unpaired) electrons. The average molecular weight is 295 g/mol. The third-order valence-corrected chi connectivity index (χ3v) is 4.20. The maximum Gasteiger partial charge on any atom is 0.339 e. The predicted molar refractivity (Wildman–Crippen MR) is 79.6 cm³/mol. The molecule has 1 aliphatic rings. The molecule has 0 atom stereocenters. The van der Waals surface area contributed by atoms with Gasteiger partial charge in [-0.15, -0.1) is 0 Å². The molecule has 0 N–H and O–H groups in total. The molecule has 19 heavy (non-hydrogen) atoms. The maximum atomic E-state index is 12.2. The Labute approximate surface area is 121 Å². The predicted octanol–water partition coefficient (Wildman–Crippen LogP) is 2.62. The Morgan fingerprint density at radius 2 is 2.16 bits per heavy atom. The number of anilines is 1.